The lowest BCUT2D eigenvalue weighted by atomic mass is 9.79. The lowest BCUT2D eigenvalue weighted by molar-refractivity contribution is 0.0343. The molecule has 2 aromatic heterocycles. The number of hydrogen-bond acceptors (Lipinski definition) is 8. The maximum atomic E-state index is 11.7. The van der Waals surface area contributed by atoms with Crippen LogP contribution in [0, 0.1) is 5.92 Å². The van der Waals surface area contributed by atoms with Gasteiger partial charge in [-0.05, 0) is 38.0 Å². The molecule has 9 heteroatoms. The van der Waals surface area contributed by atoms with E-state index in [1.165, 1.54) is 6.26 Å². The van der Waals surface area contributed by atoms with E-state index in [-0.39, 0.29) is 11.5 Å². The number of ether oxygens (including phenoxy) is 1. The topological polar surface area (TPSA) is 98.4 Å². The van der Waals surface area contributed by atoms with E-state index in [0.29, 0.717) is 16.8 Å². The third-order valence-electron chi connectivity index (χ3n) is 6.99. The molecular weight excluding hydrogens is 452 g/mol. The number of fused-ring (bicyclic) bond motifs is 1. The maximum Gasteiger partial charge on any atom is 0.324 e. The van der Waals surface area contributed by atoms with E-state index in [9.17, 15) is 8.42 Å². The van der Waals surface area contributed by atoms with Gasteiger partial charge in [0.2, 0.25) is 0 Å². The van der Waals surface area contributed by atoms with Crippen molar-refractivity contribution in [3.05, 3.63) is 47.9 Å². The highest BCUT2D eigenvalue weighted by Crippen LogP contribution is 2.43. The normalized spacial score (nSPS) is 21.0. The minimum Gasteiger partial charge on any atom is -0.485 e. The summed E-state index contributed by atoms with van der Waals surface area (Å²) >= 11 is 0. The Balaban J connectivity index is 1.27. The molecule has 2 aliphatic heterocycles. The van der Waals surface area contributed by atoms with Crippen LogP contribution in [0.1, 0.15) is 50.9 Å². The number of hydrogen-bond donors (Lipinski definition) is 0. The Hall–Kier alpha value is -2.94. The van der Waals surface area contributed by atoms with Gasteiger partial charge in [-0.1, -0.05) is 31.1 Å². The van der Waals surface area contributed by atoms with E-state index in [2.05, 4.69) is 46.9 Å². The van der Waals surface area contributed by atoms with Gasteiger partial charge in [0.25, 0.3) is 0 Å². The van der Waals surface area contributed by atoms with Gasteiger partial charge in [-0.25, -0.2) is 8.42 Å². The number of pyridine rings is 1. The van der Waals surface area contributed by atoms with Crippen LogP contribution in [-0.2, 0) is 16.3 Å². The molecule has 34 heavy (non-hydrogen) atoms. The highest BCUT2D eigenvalue weighted by molar-refractivity contribution is 7.90. The fraction of sp³-hybridized carbons (Fsp3) is 0.480. The summed E-state index contributed by atoms with van der Waals surface area (Å²) in [5, 5.41) is 4.09. The quantitative estimate of drug-likeness (QED) is 0.532. The molecule has 1 atom stereocenters. The molecule has 1 fully saturated rings. The van der Waals surface area contributed by atoms with Crippen LogP contribution in [0.15, 0.2) is 45.9 Å². The fourth-order valence-corrected chi connectivity index (χ4v) is 5.54. The van der Waals surface area contributed by atoms with E-state index < -0.39 is 9.84 Å². The lowest BCUT2D eigenvalue weighted by Crippen LogP contribution is -2.46. The maximum absolute atomic E-state index is 11.7. The zero-order chi connectivity index (χ0) is 24.1. The van der Waals surface area contributed by atoms with Crippen LogP contribution in [0.4, 0.5) is 6.01 Å². The van der Waals surface area contributed by atoms with Crippen LogP contribution in [-0.4, -0.2) is 48.5 Å². The van der Waals surface area contributed by atoms with E-state index >= 15 is 0 Å². The van der Waals surface area contributed by atoms with Crippen molar-refractivity contribution in [3.63, 3.8) is 0 Å². The van der Waals surface area contributed by atoms with Crippen molar-refractivity contribution in [2.45, 2.75) is 56.4 Å². The zero-order valence-electron chi connectivity index (χ0n) is 20.0. The smallest absolute Gasteiger partial charge is 0.324 e. The summed E-state index contributed by atoms with van der Waals surface area (Å²) in [7, 11) is -3.22. The molecule has 180 valence electrons. The third-order valence-corrected chi connectivity index (χ3v) is 8.12. The number of piperidine rings is 1. The van der Waals surface area contributed by atoms with E-state index in [1.54, 1.807) is 30.5 Å². The molecule has 0 aliphatic carbocycles. The van der Waals surface area contributed by atoms with Crippen LogP contribution in [0.2, 0.25) is 0 Å². The molecule has 2 aliphatic rings. The summed E-state index contributed by atoms with van der Waals surface area (Å²) in [4.78, 5) is 11.6. The lowest BCUT2D eigenvalue weighted by Gasteiger charge is -2.39. The van der Waals surface area contributed by atoms with Gasteiger partial charge in [0, 0.05) is 48.7 Å². The van der Waals surface area contributed by atoms with Crippen molar-refractivity contribution in [2.24, 2.45) is 5.92 Å². The number of rotatable bonds is 5. The first kappa shape index (κ1) is 22.8. The minimum absolute atomic E-state index is 0.246. The predicted octanol–water partition coefficient (Wildman–Crippen LogP) is 4.27. The molecule has 1 aromatic carbocycles. The summed E-state index contributed by atoms with van der Waals surface area (Å²) in [5.41, 5.74) is 2.56. The van der Waals surface area contributed by atoms with Gasteiger partial charge in [-0.2, -0.15) is 4.98 Å². The second kappa shape index (κ2) is 8.37. The second-order valence-corrected chi connectivity index (χ2v) is 11.9. The third kappa shape index (κ3) is 4.29. The van der Waals surface area contributed by atoms with Crippen molar-refractivity contribution < 1.29 is 17.7 Å². The molecule has 3 aromatic rings. The molecule has 0 saturated carbocycles. The monoisotopic (exact) mass is 482 g/mol. The summed E-state index contributed by atoms with van der Waals surface area (Å²) in [5.74, 6) is 2.23. The molecule has 0 N–H and O–H groups in total. The molecule has 0 unspecified atom stereocenters. The zero-order valence-corrected chi connectivity index (χ0v) is 20.8. The van der Waals surface area contributed by atoms with Crippen LogP contribution in [0.3, 0.4) is 0 Å². The number of anilines is 1. The molecule has 8 nitrogen and oxygen atoms in total. The molecule has 5 rings (SSSR count). The first-order valence-corrected chi connectivity index (χ1v) is 13.6. The van der Waals surface area contributed by atoms with Gasteiger partial charge in [0.05, 0.1) is 16.8 Å². The van der Waals surface area contributed by atoms with E-state index in [0.717, 1.165) is 60.7 Å². The SMILES string of the molecule is CC(C)c1noc(N2CCC([C@]3(C)Cc4cc(-c5ccc(S(C)(=O)=O)cc5)ncc4O3)CC2)n1. The van der Waals surface area contributed by atoms with Crippen LogP contribution < -0.4 is 9.64 Å². The molecule has 1 saturated heterocycles. The second-order valence-electron chi connectivity index (χ2n) is 9.92. The van der Waals surface area contributed by atoms with Crippen molar-refractivity contribution in [1.29, 1.82) is 0 Å². The van der Waals surface area contributed by atoms with Gasteiger partial charge in [0.1, 0.15) is 11.4 Å². The highest BCUT2D eigenvalue weighted by Gasteiger charge is 2.43. The first-order chi connectivity index (χ1) is 16.1. The standard InChI is InChI=1S/C25H30N4O4S/c1-16(2)23-27-24(33-28-23)29-11-9-19(10-12-29)25(3)14-18-13-21(26-15-22(18)32-25)17-5-7-20(8-6-17)34(4,30)31/h5-8,13,15-16,19H,9-12,14H2,1-4H3/t25-/m0/s1. The summed E-state index contributed by atoms with van der Waals surface area (Å²) in [6.45, 7) is 8.02. The number of sulfone groups is 1. The molecule has 0 spiro atoms. The van der Waals surface area contributed by atoms with Crippen LogP contribution in [0.5, 0.6) is 5.75 Å². The summed E-state index contributed by atoms with van der Waals surface area (Å²) in [6.07, 6.45) is 5.79. The van der Waals surface area contributed by atoms with Crippen molar-refractivity contribution in [1.82, 2.24) is 15.1 Å². The van der Waals surface area contributed by atoms with Crippen molar-refractivity contribution in [3.8, 4) is 17.0 Å². The van der Waals surface area contributed by atoms with Crippen molar-refractivity contribution in [2.75, 3.05) is 24.2 Å². The average molecular weight is 483 g/mol. The molecule has 0 bridgehead atoms. The summed E-state index contributed by atoms with van der Waals surface area (Å²) in [6, 6.07) is 9.54. The van der Waals surface area contributed by atoms with E-state index in [1.807, 2.05) is 0 Å². The average Bonchev–Trinajstić information content (AvgIpc) is 3.43. The summed E-state index contributed by atoms with van der Waals surface area (Å²) < 4.78 is 35.4. The molecule has 0 radical (unpaired) electrons. The minimum atomic E-state index is -3.22. The fourth-order valence-electron chi connectivity index (χ4n) is 4.91. The van der Waals surface area contributed by atoms with Gasteiger partial charge in [-0.3, -0.25) is 4.98 Å². The van der Waals surface area contributed by atoms with Crippen molar-refractivity contribution >= 4 is 15.9 Å². The predicted molar refractivity (Wildman–Crippen MR) is 129 cm³/mol. The molecule has 4 heterocycles. The van der Waals surface area contributed by atoms with Gasteiger partial charge < -0.3 is 14.2 Å². The van der Waals surface area contributed by atoms with Crippen LogP contribution in [0.25, 0.3) is 11.3 Å². The highest BCUT2D eigenvalue weighted by atomic mass is 32.2. The number of nitrogens with zero attached hydrogens (tertiary/aromatic N) is 4. The Labute approximate surface area is 200 Å². The van der Waals surface area contributed by atoms with Gasteiger partial charge >= 0.3 is 6.01 Å². The first-order valence-electron chi connectivity index (χ1n) is 11.7. The molecule has 0 amide bonds. The van der Waals surface area contributed by atoms with Crippen LogP contribution >= 0.6 is 0 Å². The largest absolute Gasteiger partial charge is 0.485 e. The Morgan fingerprint density at radius 2 is 1.85 bits per heavy atom. The molecular formula is C25H30N4O4S. The number of benzene rings is 1. The Morgan fingerprint density at radius 1 is 1.15 bits per heavy atom. The number of aromatic nitrogens is 3. The Kier molecular flexibility index (Phi) is 5.62. The van der Waals surface area contributed by atoms with Gasteiger partial charge in [0.15, 0.2) is 15.7 Å². The Morgan fingerprint density at radius 3 is 2.47 bits per heavy atom. The van der Waals surface area contributed by atoms with E-state index in [4.69, 9.17) is 9.26 Å². The Bertz CT molecular complexity index is 1290. The van der Waals surface area contributed by atoms with Gasteiger partial charge in [-0.15, -0.1) is 0 Å².